The van der Waals surface area contributed by atoms with E-state index in [1.807, 2.05) is 18.2 Å². The first-order valence-corrected chi connectivity index (χ1v) is 10.3. The second kappa shape index (κ2) is 9.65. The number of nitro benzene ring substituents is 1. The number of hydrogen-bond acceptors (Lipinski definition) is 4. The van der Waals surface area contributed by atoms with Gasteiger partial charge >= 0.3 is 0 Å². The van der Waals surface area contributed by atoms with Crippen LogP contribution in [0.4, 0.5) is 5.69 Å². The summed E-state index contributed by atoms with van der Waals surface area (Å²) in [6, 6.07) is 13.4. The first-order chi connectivity index (χ1) is 14.0. The van der Waals surface area contributed by atoms with E-state index >= 15 is 0 Å². The van der Waals surface area contributed by atoms with Crippen molar-refractivity contribution in [2.24, 2.45) is 0 Å². The minimum atomic E-state index is -0.456. The molecule has 0 saturated heterocycles. The fraction of sp³-hybridized carbons (Fsp3) is 0.435. The predicted octanol–water partition coefficient (Wildman–Crippen LogP) is 4.60. The van der Waals surface area contributed by atoms with Crippen molar-refractivity contribution in [2.45, 2.75) is 58.2 Å². The topological polar surface area (TPSA) is 75.5 Å². The highest BCUT2D eigenvalue weighted by Gasteiger charge is 2.20. The Morgan fingerprint density at radius 3 is 2.48 bits per heavy atom. The molecular formula is C23H29N3O3. The van der Waals surface area contributed by atoms with Gasteiger partial charge < -0.3 is 5.32 Å². The molecule has 6 nitrogen and oxygen atoms in total. The zero-order valence-corrected chi connectivity index (χ0v) is 17.2. The average molecular weight is 396 g/mol. The van der Waals surface area contributed by atoms with Gasteiger partial charge in [0, 0.05) is 36.3 Å². The maximum atomic E-state index is 12.7. The second-order valence-corrected chi connectivity index (χ2v) is 7.87. The predicted molar refractivity (Wildman–Crippen MR) is 114 cm³/mol. The summed E-state index contributed by atoms with van der Waals surface area (Å²) in [6.45, 7) is 2.86. The SMILES string of the molecule is Cc1c(C(=O)NCc2ccccc2CN(C)C2CCCCC2)cccc1[N+](=O)[O-]. The molecule has 1 fully saturated rings. The van der Waals surface area contributed by atoms with E-state index in [4.69, 9.17) is 0 Å². The molecule has 0 bridgehead atoms. The summed E-state index contributed by atoms with van der Waals surface area (Å²) in [5.41, 5.74) is 2.98. The highest BCUT2D eigenvalue weighted by molar-refractivity contribution is 5.96. The van der Waals surface area contributed by atoms with E-state index in [-0.39, 0.29) is 11.6 Å². The van der Waals surface area contributed by atoms with Gasteiger partial charge in [-0.2, -0.15) is 0 Å². The lowest BCUT2D eigenvalue weighted by atomic mass is 9.94. The molecule has 6 heteroatoms. The highest BCUT2D eigenvalue weighted by atomic mass is 16.6. The van der Waals surface area contributed by atoms with Gasteiger partial charge in [0.15, 0.2) is 0 Å². The van der Waals surface area contributed by atoms with Gasteiger partial charge in [-0.3, -0.25) is 19.8 Å². The lowest BCUT2D eigenvalue weighted by Crippen LogP contribution is -2.33. The Morgan fingerprint density at radius 1 is 1.10 bits per heavy atom. The van der Waals surface area contributed by atoms with Crippen molar-refractivity contribution in [1.82, 2.24) is 10.2 Å². The molecule has 0 unspecified atom stereocenters. The highest BCUT2D eigenvalue weighted by Crippen LogP contribution is 2.24. The summed E-state index contributed by atoms with van der Waals surface area (Å²) in [4.78, 5) is 25.7. The van der Waals surface area contributed by atoms with Crippen molar-refractivity contribution >= 4 is 11.6 Å². The number of carbonyl (C=O) groups excluding carboxylic acids is 1. The van der Waals surface area contributed by atoms with Gasteiger partial charge in [0.2, 0.25) is 0 Å². The van der Waals surface area contributed by atoms with Gasteiger partial charge in [0.05, 0.1) is 4.92 Å². The summed E-state index contributed by atoms with van der Waals surface area (Å²) in [6.07, 6.45) is 6.44. The molecule has 29 heavy (non-hydrogen) atoms. The van der Waals surface area contributed by atoms with Gasteiger partial charge in [-0.05, 0) is 44.0 Å². The van der Waals surface area contributed by atoms with Crippen LogP contribution in [-0.4, -0.2) is 28.8 Å². The number of benzene rings is 2. The van der Waals surface area contributed by atoms with Crippen LogP contribution in [0.15, 0.2) is 42.5 Å². The number of rotatable bonds is 7. The van der Waals surface area contributed by atoms with Crippen LogP contribution in [0.2, 0.25) is 0 Å². The molecule has 1 amide bonds. The molecule has 1 saturated carbocycles. The van der Waals surface area contributed by atoms with Crippen LogP contribution in [0.1, 0.15) is 59.2 Å². The third kappa shape index (κ3) is 5.21. The number of amides is 1. The smallest absolute Gasteiger partial charge is 0.273 e. The Kier molecular flexibility index (Phi) is 6.99. The van der Waals surface area contributed by atoms with E-state index in [1.54, 1.807) is 19.1 Å². The molecule has 3 rings (SSSR count). The summed E-state index contributed by atoms with van der Waals surface area (Å²) < 4.78 is 0. The van der Waals surface area contributed by atoms with E-state index in [0.717, 1.165) is 12.1 Å². The van der Waals surface area contributed by atoms with Crippen molar-refractivity contribution < 1.29 is 9.72 Å². The molecule has 0 radical (unpaired) electrons. The molecular weight excluding hydrogens is 366 g/mol. The number of nitrogens with one attached hydrogen (secondary N) is 1. The summed E-state index contributed by atoms with van der Waals surface area (Å²) in [7, 11) is 2.18. The fourth-order valence-corrected chi connectivity index (χ4v) is 4.14. The maximum Gasteiger partial charge on any atom is 0.273 e. The fourth-order valence-electron chi connectivity index (χ4n) is 4.14. The van der Waals surface area contributed by atoms with Gasteiger partial charge in [-0.25, -0.2) is 0 Å². The lowest BCUT2D eigenvalue weighted by molar-refractivity contribution is -0.385. The van der Waals surface area contributed by atoms with Crippen LogP contribution >= 0.6 is 0 Å². The largest absolute Gasteiger partial charge is 0.348 e. The van der Waals surface area contributed by atoms with Crippen LogP contribution in [0.3, 0.4) is 0 Å². The quantitative estimate of drug-likeness (QED) is 0.549. The van der Waals surface area contributed by atoms with Gasteiger partial charge in [-0.1, -0.05) is 49.6 Å². The second-order valence-electron chi connectivity index (χ2n) is 7.87. The zero-order chi connectivity index (χ0) is 20.8. The standard InChI is InChI=1S/C23H29N3O3/c1-17-21(13-8-14-22(17)26(28)29)23(27)24-15-18-9-6-7-10-19(18)16-25(2)20-11-4-3-5-12-20/h6-10,13-14,20H,3-5,11-12,15-16H2,1-2H3,(H,24,27). The minimum absolute atomic E-state index is 0.0350. The number of nitrogens with zero attached hydrogens (tertiary/aromatic N) is 2. The summed E-state index contributed by atoms with van der Waals surface area (Å²) in [5, 5.41) is 14.1. The molecule has 1 aliphatic rings. The van der Waals surface area contributed by atoms with Crippen LogP contribution < -0.4 is 5.32 Å². The van der Waals surface area contributed by atoms with E-state index in [1.165, 1.54) is 43.7 Å². The molecule has 0 aromatic heterocycles. The Labute approximate surface area is 172 Å². The van der Waals surface area contributed by atoms with E-state index < -0.39 is 4.92 Å². The van der Waals surface area contributed by atoms with Crippen molar-refractivity contribution in [1.29, 1.82) is 0 Å². The minimum Gasteiger partial charge on any atom is -0.348 e. The van der Waals surface area contributed by atoms with Gasteiger partial charge in [0.1, 0.15) is 0 Å². The molecule has 0 aliphatic heterocycles. The number of hydrogen-bond donors (Lipinski definition) is 1. The van der Waals surface area contributed by atoms with Crippen LogP contribution in [0.25, 0.3) is 0 Å². The monoisotopic (exact) mass is 395 g/mol. The van der Waals surface area contributed by atoms with Crippen molar-refractivity contribution in [3.63, 3.8) is 0 Å². The normalized spacial score (nSPS) is 14.7. The molecule has 0 atom stereocenters. The molecule has 0 spiro atoms. The van der Waals surface area contributed by atoms with Gasteiger partial charge in [-0.15, -0.1) is 0 Å². The summed E-state index contributed by atoms with van der Waals surface area (Å²) >= 11 is 0. The molecule has 1 aliphatic carbocycles. The first-order valence-electron chi connectivity index (χ1n) is 10.3. The van der Waals surface area contributed by atoms with Crippen LogP contribution in [-0.2, 0) is 13.1 Å². The molecule has 2 aromatic rings. The number of nitro groups is 1. The van der Waals surface area contributed by atoms with Crippen molar-refractivity contribution in [2.75, 3.05) is 7.05 Å². The number of carbonyl (C=O) groups is 1. The molecule has 2 aromatic carbocycles. The van der Waals surface area contributed by atoms with Gasteiger partial charge in [0.25, 0.3) is 11.6 Å². The third-order valence-electron chi connectivity index (χ3n) is 5.92. The first kappa shape index (κ1) is 21.0. The zero-order valence-electron chi connectivity index (χ0n) is 17.2. The van der Waals surface area contributed by atoms with E-state index in [9.17, 15) is 14.9 Å². The molecule has 0 heterocycles. The molecule has 154 valence electrons. The lowest BCUT2D eigenvalue weighted by Gasteiger charge is -2.31. The third-order valence-corrected chi connectivity index (χ3v) is 5.92. The van der Waals surface area contributed by atoms with Crippen molar-refractivity contribution in [3.8, 4) is 0 Å². The van der Waals surface area contributed by atoms with Crippen LogP contribution in [0, 0.1) is 17.0 Å². The summed E-state index contributed by atoms with van der Waals surface area (Å²) in [5.74, 6) is -0.290. The average Bonchev–Trinajstić information content (AvgIpc) is 2.73. The Hall–Kier alpha value is -2.73. The Balaban J connectivity index is 1.67. The molecule has 1 N–H and O–H groups in total. The van der Waals surface area contributed by atoms with Crippen molar-refractivity contribution in [3.05, 3.63) is 74.8 Å². The maximum absolute atomic E-state index is 12.7. The van der Waals surface area contributed by atoms with Crippen LogP contribution in [0.5, 0.6) is 0 Å². The Bertz CT molecular complexity index is 875. The Morgan fingerprint density at radius 2 is 1.79 bits per heavy atom. The van der Waals surface area contributed by atoms with E-state index in [2.05, 4.69) is 23.3 Å². The van der Waals surface area contributed by atoms with E-state index in [0.29, 0.717) is 23.7 Å².